The summed E-state index contributed by atoms with van der Waals surface area (Å²) in [4.78, 5) is 0. The molecule has 0 bridgehead atoms. The fraction of sp³-hybridized carbons (Fsp3) is 0.500. The Morgan fingerprint density at radius 2 is 2.17 bits per heavy atom. The van der Waals surface area contributed by atoms with Crippen LogP contribution in [-0.2, 0) is 0 Å². The molecule has 0 saturated carbocycles. The molecule has 1 N–H and O–H groups in total. The summed E-state index contributed by atoms with van der Waals surface area (Å²) in [5, 5.41) is 3.61. The molecule has 0 amide bonds. The first-order valence-corrected chi connectivity index (χ1v) is 6.95. The molecule has 0 spiro atoms. The number of hydrogen-bond donors (Lipinski definition) is 1. The summed E-state index contributed by atoms with van der Waals surface area (Å²) >= 11 is 0. The first kappa shape index (κ1) is 13.2. The van der Waals surface area contributed by atoms with Crippen molar-refractivity contribution >= 4 is 6.08 Å². The van der Waals surface area contributed by atoms with Gasteiger partial charge in [0.2, 0.25) is 0 Å². The zero-order chi connectivity index (χ0) is 12.8. The van der Waals surface area contributed by atoms with Crippen LogP contribution in [0, 0.1) is 0 Å². The van der Waals surface area contributed by atoms with Gasteiger partial charge in [0, 0.05) is 17.6 Å². The Morgan fingerprint density at radius 3 is 2.94 bits per heavy atom. The fourth-order valence-corrected chi connectivity index (χ4v) is 2.45. The van der Waals surface area contributed by atoms with E-state index in [9.17, 15) is 0 Å². The van der Waals surface area contributed by atoms with E-state index in [2.05, 4.69) is 36.5 Å². The molecule has 2 nitrogen and oxygen atoms in total. The number of hydrogen-bond acceptors (Lipinski definition) is 2. The zero-order valence-corrected chi connectivity index (χ0v) is 11.4. The average Bonchev–Trinajstić information content (AvgIpc) is 2.38. The second-order valence-electron chi connectivity index (χ2n) is 4.94. The molecule has 1 saturated heterocycles. The Bertz CT molecular complexity index is 400. The summed E-state index contributed by atoms with van der Waals surface area (Å²) in [6.07, 6.45) is 8.29. The highest BCUT2D eigenvalue weighted by molar-refractivity contribution is 5.57. The van der Waals surface area contributed by atoms with Gasteiger partial charge < -0.3 is 10.1 Å². The van der Waals surface area contributed by atoms with E-state index in [1.165, 1.54) is 24.8 Å². The van der Waals surface area contributed by atoms with Crippen molar-refractivity contribution in [2.75, 3.05) is 6.61 Å². The van der Waals surface area contributed by atoms with Gasteiger partial charge in [0.05, 0.1) is 6.61 Å². The molecule has 18 heavy (non-hydrogen) atoms. The molecular weight excluding hydrogens is 222 g/mol. The molecule has 2 rings (SSSR count). The molecule has 0 aromatic heterocycles. The Balaban J connectivity index is 2.03. The summed E-state index contributed by atoms with van der Waals surface area (Å²) in [5.41, 5.74) is 1.17. The van der Waals surface area contributed by atoms with Gasteiger partial charge in [-0.25, -0.2) is 0 Å². The molecule has 1 aromatic carbocycles. The van der Waals surface area contributed by atoms with Crippen LogP contribution in [-0.4, -0.2) is 18.7 Å². The summed E-state index contributed by atoms with van der Waals surface area (Å²) < 4.78 is 5.63. The predicted octanol–water partition coefficient (Wildman–Crippen LogP) is 3.63. The van der Waals surface area contributed by atoms with Gasteiger partial charge in [0.25, 0.3) is 0 Å². The molecule has 2 heteroatoms. The third-order valence-corrected chi connectivity index (χ3v) is 3.38. The lowest BCUT2D eigenvalue weighted by molar-refractivity contribution is 0.339. The third-order valence-electron chi connectivity index (χ3n) is 3.38. The van der Waals surface area contributed by atoms with Crippen molar-refractivity contribution in [2.45, 2.75) is 45.2 Å². The molecule has 98 valence electrons. The third kappa shape index (κ3) is 3.61. The number of ether oxygens (including phenoxy) is 1. The smallest absolute Gasteiger partial charge is 0.126 e. The minimum Gasteiger partial charge on any atom is -0.493 e. The monoisotopic (exact) mass is 245 g/mol. The molecule has 0 radical (unpaired) electrons. The quantitative estimate of drug-likeness (QED) is 0.874. The molecule has 0 aliphatic carbocycles. The second-order valence-corrected chi connectivity index (χ2v) is 4.94. The molecule has 1 aliphatic heterocycles. The molecule has 2 atom stereocenters. The van der Waals surface area contributed by atoms with Crippen molar-refractivity contribution in [3.63, 3.8) is 0 Å². The fourth-order valence-electron chi connectivity index (χ4n) is 2.45. The van der Waals surface area contributed by atoms with Gasteiger partial charge in [-0.1, -0.05) is 36.8 Å². The minimum atomic E-state index is 0.503. The van der Waals surface area contributed by atoms with Crippen LogP contribution >= 0.6 is 0 Å². The molecule has 1 fully saturated rings. The average molecular weight is 245 g/mol. The predicted molar refractivity (Wildman–Crippen MR) is 76.9 cm³/mol. The molecule has 1 aromatic rings. The van der Waals surface area contributed by atoms with Crippen LogP contribution in [0.15, 0.2) is 30.3 Å². The SMILES string of the molecule is CCOc1ccccc1/C=C/C1CCCC(C)N1. The van der Waals surface area contributed by atoms with Crippen molar-refractivity contribution < 1.29 is 4.74 Å². The van der Waals surface area contributed by atoms with Crippen LogP contribution in [0.1, 0.15) is 38.7 Å². The lowest BCUT2D eigenvalue weighted by Gasteiger charge is -2.26. The van der Waals surface area contributed by atoms with Gasteiger partial charge >= 0.3 is 0 Å². The highest BCUT2D eigenvalue weighted by Crippen LogP contribution is 2.21. The molecule has 1 heterocycles. The van der Waals surface area contributed by atoms with E-state index in [4.69, 9.17) is 4.74 Å². The Morgan fingerprint density at radius 1 is 1.33 bits per heavy atom. The maximum absolute atomic E-state index is 5.63. The first-order valence-electron chi connectivity index (χ1n) is 6.95. The number of piperidine rings is 1. The maximum Gasteiger partial charge on any atom is 0.126 e. The number of nitrogens with one attached hydrogen (secondary N) is 1. The maximum atomic E-state index is 5.63. The standard InChI is InChI=1S/C16H23NO/c1-3-18-16-10-5-4-8-14(16)11-12-15-9-6-7-13(2)17-15/h4-5,8,10-13,15,17H,3,6-7,9H2,1-2H3/b12-11+. The van der Waals surface area contributed by atoms with Crippen LogP contribution in [0.3, 0.4) is 0 Å². The van der Waals surface area contributed by atoms with Crippen molar-refractivity contribution in [1.82, 2.24) is 5.32 Å². The van der Waals surface area contributed by atoms with Gasteiger partial charge in [0.15, 0.2) is 0 Å². The van der Waals surface area contributed by atoms with Crippen LogP contribution in [0.25, 0.3) is 6.08 Å². The topological polar surface area (TPSA) is 21.3 Å². The Labute approximate surface area is 110 Å². The van der Waals surface area contributed by atoms with Crippen LogP contribution < -0.4 is 10.1 Å². The largest absolute Gasteiger partial charge is 0.493 e. The van der Waals surface area contributed by atoms with Crippen molar-refractivity contribution in [1.29, 1.82) is 0 Å². The normalized spacial score (nSPS) is 24.3. The summed E-state index contributed by atoms with van der Waals surface area (Å²) in [6, 6.07) is 9.34. The number of para-hydroxylation sites is 1. The van der Waals surface area contributed by atoms with Gasteiger partial charge in [-0.15, -0.1) is 0 Å². The van der Waals surface area contributed by atoms with Crippen molar-refractivity contribution in [2.24, 2.45) is 0 Å². The van der Waals surface area contributed by atoms with E-state index < -0.39 is 0 Å². The summed E-state index contributed by atoms with van der Waals surface area (Å²) in [6.45, 7) is 4.99. The summed E-state index contributed by atoms with van der Waals surface area (Å²) in [5.74, 6) is 0.972. The van der Waals surface area contributed by atoms with Gasteiger partial charge in [-0.2, -0.15) is 0 Å². The van der Waals surface area contributed by atoms with E-state index in [1.54, 1.807) is 0 Å². The zero-order valence-electron chi connectivity index (χ0n) is 11.4. The van der Waals surface area contributed by atoms with Gasteiger partial charge in [-0.05, 0) is 32.8 Å². The van der Waals surface area contributed by atoms with E-state index in [1.807, 2.05) is 19.1 Å². The first-order chi connectivity index (χ1) is 8.79. The van der Waals surface area contributed by atoms with E-state index in [-0.39, 0.29) is 0 Å². The highest BCUT2D eigenvalue weighted by atomic mass is 16.5. The lowest BCUT2D eigenvalue weighted by Crippen LogP contribution is -2.39. The van der Waals surface area contributed by atoms with Crippen LogP contribution in [0.2, 0.25) is 0 Å². The van der Waals surface area contributed by atoms with E-state index >= 15 is 0 Å². The van der Waals surface area contributed by atoms with Crippen molar-refractivity contribution in [3.8, 4) is 5.75 Å². The van der Waals surface area contributed by atoms with E-state index in [0.717, 1.165) is 5.75 Å². The van der Waals surface area contributed by atoms with Crippen LogP contribution in [0.5, 0.6) is 5.75 Å². The Hall–Kier alpha value is -1.28. The van der Waals surface area contributed by atoms with Crippen molar-refractivity contribution in [3.05, 3.63) is 35.9 Å². The summed E-state index contributed by atoms with van der Waals surface area (Å²) in [7, 11) is 0. The van der Waals surface area contributed by atoms with E-state index in [0.29, 0.717) is 18.7 Å². The second kappa shape index (κ2) is 6.60. The van der Waals surface area contributed by atoms with Crippen LogP contribution in [0.4, 0.5) is 0 Å². The molecular formula is C16H23NO. The van der Waals surface area contributed by atoms with Gasteiger partial charge in [-0.3, -0.25) is 0 Å². The molecule has 1 aliphatic rings. The Kier molecular flexibility index (Phi) is 4.82. The minimum absolute atomic E-state index is 0.503. The highest BCUT2D eigenvalue weighted by Gasteiger charge is 2.14. The van der Waals surface area contributed by atoms with Gasteiger partial charge in [0.1, 0.15) is 5.75 Å². The molecule has 2 unspecified atom stereocenters. The number of benzene rings is 1. The lowest BCUT2D eigenvalue weighted by atomic mass is 9.99. The number of rotatable bonds is 4.